The van der Waals surface area contributed by atoms with Crippen LogP contribution in [0.25, 0.3) is 0 Å². The fourth-order valence-corrected chi connectivity index (χ4v) is 3.96. The molecule has 0 radical (unpaired) electrons. The molecule has 0 bridgehead atoms. The van der Waals surface area contributed by atoms with Gasteiger partial charge in [0.1, 0.15) is 23.9 Å². The number of rotatable bonds is 14. The molecule has 7 N–H and O–H groups in total. The van der Waals surface area contributed by atoms with Crippen molar-refractivity contribution in [2.75, 3.05) is 12.0 Å². The van der Waals surface area contributed by atoms with Gasteiger partial charge in [-0.05, 0) is 55.0 Å². The molecule has 37 heavy (non-hydrogen) atoms. The summed E-state index contributed by atoms with van der Waals surface area (Å²) in [6.07, 6.45) is 2.43. The van der Waals surface area contributed by atoms with Gasteiger partial charge in [0.2, 0.25) is 17.7 Å². The minimum Gasteiger partial charge on any atom is -0.508 e. The number of carbonyl (C=O) groups is 4. The van der Waals surface area contributed by atoms with Crippen LogP contribution in [-0.2, 0) is 32.0 Å². The Bertz CT molecular complexity index is 1050. The van der Waals surface area contributed by atoms with Gasteiger partial charge in [-0.25, -0.2) is 4.79 Å². The molecule has 2 aromatic rings. The van der Waals surface area contributed by atoms with E-state index in [1.807, 2.05) is 24.5 Å². The summed E-state index contributed by atoms with van der Waals surface area (Å²) >= 11 is 1.46. The van der Waals surface area contributed by atoms with Crippen molar-refractivity contribution in [1.29, 1.82) is 0 Å². The minimum absolute atomic E-state index is 0.0958. The van der Waals surface area contributed by atoms with Crippen LogP contribution in [0.2, 0.25) is 0 Å². The SMILES string of the molecule is CSCCC(NC(=O)C(C)NC(=O)C(Cc1ccccc1)NC(=O)C(N)Cc1ccc(O)cc1)C(=O)O. The van der Waals surface area contributed by atoms with Crippen molar-refractivity contribution in [3.05, 3.63) is 65.7 Å². The molecular formula is C26H34N4O6S. The van der Waals surface area contributed by atoms with Crippen molar-refractivity contribution in [2.45, 2.75) is 50.4 Å². The van der Waals surface area contributed by atoms with Crippen molar-refractivity contribution in [3.8, 4) is 5.75 Å². The molecule has 0 aliphatic heterocycles. The fourth-order valence-electron chi connectivity index (χ4n) is 3.49. The van der Waals surface area contributed by atoms with Gasteiger partial charge in [0.15, 0.2) is 0 Å². The van der Waals surface area contributed by atoms with E-state index in [1.54, 1.807) is 24.3 Å². The maximum Gasteiger partial charge on any atom is 0.326 e. The minimum atomic E-state index is -1.15. The molecule has 0 fully saturated rings. The van der Waals surface area contributed by atoms with Crippen LogP contribution in [0.4, 0.5) is 0 Å². The molecule has 4 atom stereocenters. The van der Waals surface area contributed by atoms with Crippen molar-refractivity contribution in [2.24, 2.45) is 5.73 Å². The molecule has 0 aliphatic carbocycles. The summed E-state index contributed by atoms with van der Waals surface area (Å²) in [6.45, 7) is 1.44. The number of hydrogen-bond donors (Lipinski definition) is 6. The highest BCUT2D eigenvalue weighted by Crippen LogP contribution is 2.11. The second kappa shape index (κ2) is 14.9. The molecule has 3 amide bonds. The van der Waals surface area contributed by atoms with Crippen LogP contribution in [-0.4, -0.2) is 70.1 Å². The molecule has 0 aliphatic rings. The average molecular weight is 531 g/mol. The van der Waals surface area contributed by atoms with Gasteiger partial charge in [-0.2, -0.15) is 11.8 Å². The normalized spacial score (nSPS) is 14.0. The van der Waals surface area contributed by atoms with Crippen LogP contribution in [0, 0.1) is 0 Å². The number of amides is 3. The van der Waals surface area contributed by atoms with Crippen LogP contribution in [0.1, 0.15) is 24.5 Å². The van der Waals surface area contributed by atoms with E-state index in [0.29, 0.717) is 5.75 Å². The van der Waals surface area contributed by atoms with Gasteiger partial charge >= 0.3 is 5.97 Å². The molecule has 4 unspecified atom stereocenters. The first kappa shape index (κ1) is 29.7. The van der Waals surface area contributed by atoms with Crippen LogP contribution in [0.5, 0.6) is 5.75 Å². The molecule has 0 spiro atoms. The standard InChI is InChI=1S/C26H34N4O6S/c1-16(23(32)29-21(26(35)36)12-13-37-2)28-25(34)22(15-17-6-4-3-5-7-17)30-24(33)20(27)14-18-8-10-19(31)11-9-18/h3-11,16,20-22,31H,12-15,27H2,1-2H3,(H,28,34)(H,29,32)(H,30,33)(H,35,36). The molecule has 0 aromatic heterocycles. The van der Waals surface area contributed by atoms with Gasteiger partial charge in [-0.3, -0.25) is 14.4 Å². The summed E-state index contributed by atoms with van der Waals surface area (Å²) in [7, 11) is 0. The first-order valence-corrected chi connectivity index (χ1v) is 13.2. The number of phenolic OH excluding ortho intramolecular Hbond substituents is 1. The lowest BCUT2D eigenvalue weighted by molar-refractivity contribution is -0.142. The van der Waals surface area contributed by atoms with E-state index in [2.05, 4.69) is 16.0 Å². The van der Waals surface area contributed by atoms with Gasteiger partial charge in [0.05, 0.1) is 6.04 Å². The van der Waals surface area contributed by atoms with E-state index in [-0.39, 0.29) is 25.0 Å². The van der Waals surface area contributed by atoms with Crippen LogP contribution in [0.3, 0.4) is 0 Å². The maximum atomic E-state index is 13.1. The van der Waals surface area contributed by atoms with E-state index in [0.717, 1.165) is 11.1 Å². The van der Waals surface area contributed by atoms with Crippen LogP contribution < -0.4 is 21.7 Å². The Balaban J connectivity index is 2.07. The summed E-state index contributed by atoms with van der Waals surface area (Å²) in [5.74, 6) is -2.31. The lowest BCUT2D eigenvalue weighted by atomic mass is 10.0. The van der Waals surface area contributed by atoms with E-state index in [9.17, 15) is 29.4 Å². The maximum absolute atomic E-state index is 13.1. The smallest absolute Gasteiger partial charge is 0.326 e. The first-order chi connectivity index (χ1) is 17.6. The van der Waals surface area contributed by atoms with Crippen molar-refractivity contribution >= 4 is 35.5 Å². The number of carboxylic acid groups (broad SMARTS) is 1. The van der Waals surface area contributed by atoms with Gasteiger partial charge < -0.3 is 31.9 Å². The number of hydrogen-bond acceptors (Lipinski definition) is 7. The predicted molar refractivity (Wildman–Crippen MR) is 142 cm³/mol. The molecule has 200 valence electrons. The fraction of sp³-hybridized carbons (Fsp3) is 0.385. The highest BCUT2D eigenvalue weighted by molar-refractivity contribution is 7.98. The average Bonchev–Trinajstić information content (AvgIpc) is 2.87. The number of carboxylic acids is 1. The lowest BCUT2D eigenvalue weighted by Crippen LogP contribution is -2.57. The molecule has 2 rings (SSSR count). The van der Waals surface area contributed by atoms with Crippen LogP contribution in [0.15, 0.2) is 54.6 Å². The Labute approximate surface area is 220 Å². The zero-order chi connectivity index (χ0) is 27.4. The Morgan fingerprint density at radius 2 is 1.43 bits per heavy atom. The topological polar surface area (TPSA) is 171 Å². The number of aromatic hydroxyl groups is 1. The van der Waals surface area contributed by atoms with E-state index >= 15 is 0 Å². The molecule has 11 heteroatoms. The number of aliphatic carboxylic acids is 1. The predicted octanol–water partition coefficient (Wildman–Crippen LogP) is 0.817. The number of nitrogens with two attached hydrogens (primary N) is 1. The Hall–Kier alpha value is -3.57. The molecule has 0 heterocycles. The van der Waals surface area contributed by atoms with E-state index in [4.69, 9.17) is 5.73 Å². The molecular weight excluding hydrogens is 496 g/mol. The third-order valence-corrected chi connectivity index (χ3v) is 6.27. The second-order valence-corrected chi connectivity index (χ2v) is 9.62. The Morgan fingerprint density at radius 1 is 0.838 bits per heavy atom. The van der Waals surface area contributed by atoms with Gasteiger partial charge in [0, 0.05) is 6.42 Å². The molecule has 2 aromatic carbocycles. The summed E-state index contributed by atoms with van der Waals surface area (Å²) in [6, 6.07) is 11.3. The summed E-state index contributed by atoms with van der Waals surface area (Å²) in [5.41, 5.74) is 7.60. The zero-order valence-electron chi connectivity index (χ0n) is 20.8. The van der Waals surface area contributed by atoms with Gasteiger partial charge in [-0.15, -0.1) is 0 Å². The number of thioether (sulfide) groups is 1. The number of nitrogens with one attached hydrogen (secondary N) is 3. The van der Waals surface area contributed by atoms with E-state index < -0.39 is 47.9 Å². The van der Waals surface area contributed by atoms with Crippen molar-refractivity contribution < 1.29 is 29.4 Å². The quantitative estimate of drug-likeness (QED) is 0.208. The first-order valence-electron chi connectivity index (χ1n) is 11.8. The molecule has 0 saturated heterocycles. The highest BCUT2D eigenvalue weighted by Gasteiger charge is 2.28. The number of benzene rings is 2. The van der Waals surface area contributed by atoms with Crippen molar-refractivity contribution in [1.82, 2.24) is 16.0 Å². The highest BCUT2D eigenvalue weighted by atomic mass is 32.2. The monoisotopic (exact) mass is 530 g/mol. The molecule has 10 nitrogen and oxygen atoms in total. The van der Waals surface area contributed by atoms with Gasteiger partial charge in [-0.1, -0.05) is 42.5 Å². The van der Waals surface area contributed by atoms with Crippen LogP contribution >= 0.6 is 11.8 Å². The molecule has 0 saturated carbocycles. The number of carbonyl (C=O) groups excluding carboxylic acids is 3. The zero-order valence-corrected chi connectivity index (χ0v) is 21.7. The Kier molecular flexibility index (Phi) is 11.9. The second-order valence-electron chi connectivity index (χ2n) is 8.64. The Morgan fingerprint density at radius 3 is 2.03 bits per heavy atom. The third kappa shape index (κ3) is 10.1. The summed E-state index contributed by atoms with van der Waals surface area (Å²) in [4.78, 5) is 50.0. The summed E-state index contributed by atoms with van der Waals surface area (Å²) in [5, 5.41) is 26.5. The van der Waals surface area contributed by atoms with Crippen molar-refractivity contribution in [3.63, 3.8) is 0 Å². The largest absolute Gasteiger partial charge is 0.508 e. The lowest BCUT2D eigenvalue weighted by Gasteiger charge is -2.24. The number of phenols is 1. The third-order valence-electron chi connectivity index (χ3n) is 5.62. The van der Waals surface area contributed by atoms with Gasteiger partial charge in [0.25, 0.3) is 0 Å². The van der Waals surface area contributed by atoms with E-state index in [1.165, 1.54) is 30.8 Å². The summed E-state index contributed by atoms with van der Waals surface area (Å²) < 4.78 is 0.